The van der Waals surface area contributed by atoms with E-state index in [0.717, 1.165) is 5.69 Å². The largest absolute Gasteiger partial charge is 0.335 e. The second-order valence-corrected chi connectivity index (χ2v) is 3.20. The molecule has 0 bridgehead atoms. The molecule has 0 radical (unpaired) electrons. The van der Waals surface area contributed by atoms with E-state index in [1.807, 2.05) is 18.2 Å². The normalized spacial score (nSPS) is 10.3. The zero-order valence-electron chi connectivity index (χ0n) is 7.34. The van der Waals surface area contributed by atoms with Gasteiger partial charge in [-0.25, -0.2) is 4.68 Å². The van der Waals surface area contributed by atoms with Crippen LogP contribution in [0.2, 0.25) is 0 Å². The fraction of sp³-hybridized carbons (Fsp3) is 0.125. The summed E-state index contributed by atoms with van der Waals surface area (Å²) >= 11 is 4.89. The maximum Gasteiger partial charge on any atom is 0.214 e. The molecular weight excluding hydrogens is 198 g/mol. The number of nitrogens with one attached hydrogen (secondary N) is 1. The highest BCUT2D eigenvalue weighted by molar-refractivity contribution is 7.71. The summed E-state index contributed by atoms with van der Waals surface area (Å²) in [6, 6.07) is 5.70. The molecule has 0 aromatic carbocycles. The lowest BCUT2D eigenvalue weighted by Gasteiger charge is -1.98. The van der Waals surface area contributed by atoms with Crippen LogP contribution in [0.5, 0.6) is 0 Å². The third-order valence-corrected chi connectivity index (χ3v) is 2.13. The van der Waals surface area contributed by atoms with Gasteiger partial charge in [-0.15, -0.1) is 0 Å². The summed E-state index contributed by atoms with van der Waals surface area (Å²) in [6.07, 6.45) is 2.31. The Morgan fingerprint density at radius 3 is 2.93 bits per heavy atom. The molecule has 14 heavy (non-hydrogen) atoms. The number of pyridine rings is 1. The molecule has 0 aliphatic carbocycles. The highest BCUT2D eigenvalue weighted by Gasteiger charge is 2.04. The van der Waals surface area contributed by atoms with Gasteiger partial charge < -0.3 is 5.84 Å². The molecule has 0 saturated carbocycles. The second kappa shape index (κ2) is 3.59. The summed E-state index contributed by atoms with van der Waals surface area (Å²) in [7, 11) is 0. The smallest absolute Gasteiger partial charge is 0.214 e. The van der Waals surface area contributed by atoms with Crippen LogP contribution in [0.15, 0.2) is 24.4 Å². The number of nitrogen functional groups attached to an aromatic ring is 1. The van der Waals surface area contributed by atoms with Gasteiger partial charge >= 0.3 is 0 Å². The zero-order chi connectivity index (χ0) is 9.97. The topological polar surface area (TPSA) is 72.5 Å². The molecule has 0 fully saturated rings. The SMILES string of the molecule is Nn1c(Cc2ccccn2)n[nH]c1=S. The van der Waals surface area contributed by atoms with Gasteiger partial charge in [0, 0.05) is 11.9 Å². The quantitative estimate of drug-likeness (QED) is 0.560. The Balaban J connectivity index is 2.28. The molecule has 5 nitrogen and oxygen atoms in total. The summed E-state index contributed by atoms with van der Waals surface area (Å²) in [4.78, 5) is 4.17. The van der Waals surface area contributed by atoms with Crippen LogP contribution in [0.1, 0.15) is 11.5 Å². The van der Waals surface area contributed by atoms with Crippen molar-refractivity contribution in [1.82, 2.24) is 19.9 Å². The molecule has 2 aromatic rings. The highest BCUT2D eigenvalue weighted by atomic mass is 32.1. The molecule has 0 amide bonds. The van der Waals surface area contributed by atoms with Crippen molar-refractivity contribution in [3.63, 3.8) is 0 Å². The van der Waals surface area contributed by atoms with Crippen molar-refractivity contribution >= 4 is 12.2 Å². The summed E-state index contributed by atoms with van der Waals surface area (Å²) < 4.78 is 1.76. The predicted molar refractivity (Wildman–Crippen MR) is 54.6 cm³/mol. The van der Waals surface area contributed by atoms with E-state index >= 15 is 0 Å². The van der Waals surface area contributed by atoms with Crippen molar-refractivity contribution in [1.29, 1.82) is 0 Å². The zero-order valence-corrected chi connectivity index (χ0v) is 8.16. The molecule has 2 heterocycles. The summed E-state index contributed by atoms with van der Waals surface area (Å²) in [5.41, 5.74) is 0.910. The first kappa shape index (κ1) is 8.89. The average molecular weight is 207 g/mol. The number of H-pyrrole nitrogens is 1. The first-order valence-corrected chi connectivity index (χ1v) is 4.49. The minimum Gasteiger partial charge on any atom is -0.335 e. The van der Waals surface area contributed by atoms with Gasteiger partial charge in [0.15, 0.2) is 5.82 Å². The maximum atomic E-state index is 5.64. The second-order valence-electron chi connectivity index (χ2n) is 2.81. The lowest BCUT2D eigenvalue weighted by Crippen LogP contribution is -2.13. The number of rotatable bonds is 2. The number of aromatic amines is 1. The Hall–Kier alpha value is -1.69. The van der Waals surface area contributed by atoms with Gasteiger partial charge in [-0.2, -0.15) is 5.10 Å². The lowest BCUT2D eigenvalue weighted by atomic mass is 10.2. The van der Waals surface area contributed by atoms with Gasteiger partial charge in [-0.3, -0.25) is 10.1 Å². The van der Waals surface area contributed by atoms with E-state index in [0.29, 0.717) is 17.0 Å². The summed E-state index contributed by atoms with van der Waals surface area (Å²) in [5, 5.41) is 6.61. The van der Waals surface area contributed by atoms with Gasteiger partial charge in [0.25, 0.3) is 0 Å². The van der Waals surface area contributed by atoms with Gasteiger partial charge in [0.05, 0.1) is 6.42 Å². The average Bonchev–Trinajstić information content (AvgIpc) is 2.52. The van der Waals surface area contributed by atoms with Crippen LogP contribution in [0.25, 0.3) is 0 Å². The van der Waals surface area contributed by atoms with Crippen molar-refractivity contribution in [2.45, 2.75) is 6.42 Å². The van der Waals surface area contributed by atoms with Crippen LogP contribution in [0.3, 0.4) is 0 Å². The number of hydrogen-bond acceptors (Lipinski definition) is 4. The molecule has 0 unspecified atom stereocenters. The molecular formula is C8H9N5S. The number of hydrogen-bond donors (Lipinski definition) is 2. The summed E-state index contributed by atoms with van der Waals surface area (Å²) in [6.45, 7) is 0. The Morgan fingerprint density at radius 2 is 2.36 bits per heavy atom. The van der Waals surface area contributed by atoms with Gasteiger partial charge in [-0.05, 0) is 24.4 Å². The van der Waals surface area contributed by atoms with Crippen molar-refractivity contribution in [3.05, 3.63) is 40.7 Å². The van der Waals surface area contributed by atoms with Crippen LogP contribution < -0.4 is 5.84 Å². The number of aromatic nitrogens is 4. The van der Waals surface area contributed by atoms with E-state index in [2.05, 4.69) is 15.2 Å². The van der Waals surface area contributed by atoms with Crippen LogP contribution >= 0.6 is 12.2 Å². The Bertz CT molecular complexity index is 472. The third kappa shape index (κ3) is 1.64. The predicted octanol–water partition coefficient (Wildman–Crippen LogP) is 0.640. The Kier molecular flexibility index (Phi) is 2.28. The molecule has 72 valence electrons. The van der Waals surface area contributed by atoms with E-state index in [9.17, 15) is 0 Å². The Labute approximate surface area is 85.6 Å². The standard InChI is InChI=1S/C8H9N5S/c9-13-7(11-12-8(13)14)5-6-3-1-2-4-10-6/h1-4H,5,9H2,(H,12,14). The first-order valence-electron chi connectivity index (χ1n) is 4.08. The minimum absolute atomic E-state index is 0.413. The summed E-state index contributed by atoms with van der Waals surface area (Å²) in [5.74, 6) is 6.32. The van der Waals surface area contributed by atoms with E-state index < -0.39 is 0 Å². The van der Waals surface area contributed by atoms with Crippen LogP contribution in [0.4, 0.5) is 0 Å². The van der Waals surface area contributed by atoms with Gasteiger partial charge in [0.1, 0.15) is 0 Å². The maximum absolute atomic E-state index is 5.64. The molecule has 0 spiro atoms. The fourth-order valence-electron chi connectivity index (χ4n) is 1.13. The molecule has 3 N–H and O–H groups in total. The number of nitrogens with zero attached hydrogens (tertiary/aromatic N) is 3. The molecule has 2 rings (SSSR count). The highest BCUT2D eigenvalue weighted by Crippen LogP contribution is 2.01. The third-order valence-electron chi connectivity index (χ3n) is 1.84. The monoisotopic (exact) mass is 207 g/mol. The molecule has 0 aliphatic heterocycles. The first-order chi connectivity index (χ1) is 6.77. The van der Waals surface area contributed by atoms with Crippen LogP contribution in [-0.4, -0.2) is 19.9 Å². The van der Waals surface area contributed by atoms with Crippen molar-refractivity contribution < 1.29 is 0 Å². The Morgan fingerprint density at radius 1 is 1.50 bits per heavy atom. The van der Waals surface area contributed by atoms with Crippen LogP contribution in [0, 0.1) is 4.77 Å². The molecule has 2 aromatic heterocycles. The van der Waals surface area contributed by atoms with Crippen LogP contribution in [-0.2, 0) is 6.42 Å². The fourth-order valence-corrected chi connectivity index (χ4v) is 1.28. The van der Waals surface area contributed by atoms with Crippen molar-refractivity contribution in [2.75, 3.05) is 5.84 Å². The van der Waals surface area contributed by atoms with Crippen molar-refractivity contribution in [2.24, 2.45) is 0 Å². The molecule has 0 atom stereocenters. The van der Waals surface area contributed by atoms with Gasteiger partial charge in [-0.1, -0.05) is 6.07 Å². The molecule has 6 heteroatoms. The molecule has 0 aliphatic rings. The minimum atomic E-state index is 0.413. The van der Waals surface area contributed by atoms with E-state index in [1.165, 1.54) is 4.68 Å². The van der Waals surface area contributed by atoms with E-state index in [1.54, 1.807) is 6.20 Å². The van der Waals surface area contributed by atoms with Crippen molar-refractivity contribution in [3.8, 4) is 0 Å². The lowest BCUT2D eigenvalue weighted by molar-refractivity contribution is 0.852. The molecule has 0 saturated heterocycles. The van der Waals surface area contributed by atoms with E-state index in [-0.39, 0.29) is 0 Å². The van der Waals surface area contributed by atoms with E-state index in [4.69, 9.17) is 18.1 Å². The van der Waals surface area contributed by atoms with Gasteiger partial charge in [0.2, 0.25) is 4.77 Å². The number of nitrogens with two attached hydrogens (primary N) is 1.